The first kappa shape index (κ1) is 20.9. The van der Waals surface area contributed by atoms with E-state index in [1.54, 1.807) is 4.90 Å². The van der Waals surface area contributed by atoms with E-state index in [1.807, 2.05) is 24.3 Å². The van der Waals surface area contributed by atoms with Gasteiger partial charge in [0.2, 0.25) is 5.76 Å². The molecular weight excluding hydrogens is 402 g/mol. The van der Waals surface area contributed by atoms with Crippen molar-refractivity contribution in [3.8, 4) is 0 Å². The van der Waals surface area contributed by atoms with Gasteiger partial charge in [-0.25, -0.2) is 4.98 Å². The van der Waals surface area contributed by atoms with E-state index in [0.717, 1.165) is 49.5 Å². The van der Waals surface area contributed by atoms with E-state index in [2.05, 4.69) is 9.88 Å². The molecule has 28 heavy (non-hydrogen) atoms. The van der Waals surface area contributed by atoms with Crippen LogP contribution in [0.4, 0.5) is 5.13 Å². The number of carbonyl (C=O) groups is 1. The lowest BCUT2D eigenvalue weighted by Crippen LogP contribution is -2.40. The molecule has 2 aromatic rings. The normalized spacial score (nSPS) is 17.2. The number of benzene rings is 1. The van der Waals surface area contributed by atoms with Crippen molar-refractivity contribution in [2.45, 2.75) is 6.42 Å². The highest BCUT2D eigenvalue weighted by atomic mass is 35.5. The number of morpholine rings is 1. The highest BCUT2D eigenvalue weighted by Gasteiger charge is 2.26. The smallest absolute Gasteiger partial charge is 0.298 e. The molecule has 2 aliphatic heterocycles. The van der Waals surface area contributed by atoms with Gasteiger partial charge in [-0.1, -0.05) is 23.5 Å². The zero-order chi connectivity index (χ0) is 18.5. The van der Waals surface area contributed by atoms with Crippen molar-refractivity contribution in [3.63, 3.8) is 0 Å². The van der Waals surface area contributed by atoms with Crippen molar-refractivity contribution in [2.24, 2.45) is 0 Å². The van der Waals surface area contributed by atoms with Gasteiger partial charge in [0.1, 0.15) is 19.5 Å². The Balaban J connectivity index is 0.00000225. The number of amides is 1. The molecule has 7 nitrogen and oxygen atoms in total. The maximum Gasteiger partial charge on any atom is 0.298 e. The Bertz CT molecular complexity index is 789. The van der Waals surface area contributed by atoms with Gasteiger partial charge in [0.15, 0.2) is 5.13 Å². The molecule has 1 aromatic carbocycles. The van der Waals surface area contributed by atoms with Crippen molar-refractivity contribution < 1.29 is 19.0 Å². The Morgan fingerprint density at radius 1 is 1.18 bits per heavy atom. The van der Waals surface area contributed by atoms with Gasteiger partial charge < -0.3 is 14.2 Å². The van der Waals surface area contributed by atoms with Crippen molar-refractivity contribution >= 4 is 45.0 Å². The van der Waals surface area contributed by atoms with Crippen LogP contribution in [0.1, 0.15) is 6.42 Å². The lowest BCUT2D eigenvalue weighted by molar-refractivity contribution is -0.119. The minimum absolute atomic E-state index is 0. The van der Waals surface area contributed by atoms with Crippen LogP contribution in [0.5, 0.6) is 0 Å². The average Bonchev–Trinajstić information content (AvgIpc) is 3.16. The Morgan fingerprint density at radius 2 is 2.00 bits per heavy atom. The molecule has 1 saturated heterocycles. The molecule has 0 aliphatic carbocycles. The first-order valence-electron chi connectivity index (χ1n) is 9.23. The number of carbonyl (C=O) groups excluding carboxylic acids is 1. The zero-order valence-corrected chi connectivity index (χ0v) is 17.2. The molecule has 0 saturated carbocycles. The summed E-state index contributed by atoms with van der Waals surface area (Å²) in [5.74, 6) is 0.0441. The summed E-state index contributed by atoms with van der Waals surface area (Å²) in [7, 11) is 0. The van der Waals surface area contributed by atoms with Crippen LogP contribution in [-0.4, -0.2) is 68.4 Å². The number of halogens is 1. The summed E-state index contributed by atoms with van der Waals surface area (Å²) in [6.07, 6.45) is 2.27. The summed E-state index contributed by atoms with van der Waals surface area (Å²) in [5.41, 5.74) is 0.901. The van der Waals surface area contributed by atoms with Gasteiger partial charge in [-0.3, -0.25) is 14.6 Å². The topological polar surface area (TPSA) is 64.1 Å². The minimum atomic E-state index is -0.198. The summed E-state index contributed by atoms with van der Waals surface area (Å²) >= 11 is 1.52. The molecule has 152 valence electrons. The highest BCUT2D eigenvalue weighted by molar-refractivity contribution is 7.22. The van der Waals surface area contributed by atoms with E-state index in [0.29, 0.717) is 24.9 Å². The molecule has 3 heterocycles. The van der Waals surface area contributed by atoms with Gasteiger partial charge in [0, 0.05) is 26.2 Å². The Labute approximate surface area is 174 Å². The Morgan fingerprint density at radius 3 is 2.75 bits per heavy atom. The van der Waals surface area contributed by atoms with Crippen LogP contribution in [0.15, 0.2) is 36.3 Å². The number of anilines is 1. The van der Waals surface area contributed by atoms with Gasteiger partial charge in [0.25, 0.3) is 5.91 Å². The molecule has 0 spiro atoms. The Kier molecular flexibility index (Phi) is 7.50. The molecular formula is C19H24ClN3O4S. The second-order valence-corrected chi connectivity index (χ2v) is 7.44. The number of fused-ring (bicyclic) bond motifs is 1. The fraction of sp³-hybridized carbons (Fsp3) is 0.474. The van der Waals surface area contributed by atoms with Gasteiger partial charge >= 0.3 is 0 Å². The molecule has 0 bridgehead atoms. The van der Waals surface area contributed by atoms with Crippen molar-refractivity contribution in [3.05, 3.63) is 36.3 Å². The van der Waals surface area contributed by atoms with Crippen LogP contribution in [0, 0.1) is 0 Å². The van der Waals surface area contributed by atoms with Gasteiger partial charge in [0.05, 0.1) is 23.4 Å². The third kappa shape index (κ3) is 4.94. The predicted octanol–water partition coefficient (Wildman–Crippen LogP) is 2.66. The van der Waals surface area contributed by atoms with E-state index in [9.17, 15) is 4.79 Å². The van der Waals surface area contributed by atoms with Crippen molar-refractivity contribution in [2.75, 3.05) is 57.5 Å². The third-order valence-electron chi connectivity index (χ3n) is 4.58. The van der Waals surface area contributed by atoms with Gasteiger partial charge in [-0.15, -0.1) is 12.4 Å². The second kappa shape index (κ2) is 10.1. The zero-order valence-electron chi connectivity index (χ0n) is 15.5. The monoisotopic (exact) mass is 425 g/mol. The number of rotatable bonds is 6. The molecule has 0 N–H and O–H groups in total. The Hall–Kier alpha value is -1.87. The summed E-state index contributed by atoms with van der Waals surface area (Å²) in [5, 5.41) is 0.693. The predicted molar refractivity (Wildman–Crippen MR) is 111 cm³/mol. The first-order valence-corrected chi connectivity index (χ1v) is 10.0. The van der Waals surface area contributed by atoms with E-state index in [1.165, 1.54) is 17.6 Å². The largest absolute Gasteiger partial charge is 0.494 e. The van der Waals surface area contributed by atoms with Crippen LogP contribution >= 0.6 is 23.7 Å². The summed E-state index contributed by atoms with van der Waals surface area (Å²) in [4.78, 5) is 21.8. The van der Waals surface area contributed by atoms with Crippen molar-refractivity contribution in [1.29, 1.82) is 0 Å². The number of para-hydroxylation sites is 1. The molecule has 1 fully saturated rings. The fourth-order valence-corrected chi connectivity index (χ4v) is 4.14. The van der Waals surface area contributed by atoms with Gasteiger partial charge in [-0.05, 0) is 18.6 Å². The standard InChI is InChI=1S/C19H23N3O4S.ClH/c23-18(16-14-25-12-13-26-16)22(7-3-6-21-8-10-24-11-9-21)19-20-15-4-1-2-5-17(15)27-19;/h1-2,4-5,14H,3,6-13H2;1H. The molecule has 1 aromatic heterocycles. The average molecular weight is 426 g/mol. The SMILES string of the molecule is Cl.O=C(C1=COCCO1)N(CCCN1CCOCC1)c1nc2ccccc2s1. The molecule has 0 atom stereocenters. The quantitative estimate of drug-likeness (QED) is 0.709. The van der Waals surface area contributed by atoms with Crippen LogP contribution in [-0.2, 0) is 19.0 Å². The number of hydrogen-bond acceptors (Lipinski definition) is 7. The highest BCUT2D eigenvalue weighted by Crippen LogP contribution is 2.30. The van der Waals surface area contributed by atoms with Crippen LogP contribution in [0.3, 0.4) is 0 Å². The second-order valence-electron chi connectivity index (χ2n) is 6.43. The maximum absolute atomic E-state index is 13.0. The molecule has 9 heteroatoms. The van der Waals surface area contributed by atoms with E-state index in [4.69, 9.17) is 14.2 Å². The van der Waals surface area contributed by atoms with E-state index in [-0.39, 0.29) is 24.1 Å². The summed E-state index contributed by atoms with van der Waals surface area (Å²) in [6, 6.07) is 7.92. The molecule has 4 rings (SSSR count). The fourth-order valence-electron chi connectivity index (χ4n) is 3.15. The van der Waals surface area contributed by atoms with Crippen LogP contribution in [0.2, 0.25) is 0 Å². The first-order chi connectivity index (χ1) is 13.3. The number of aromatic nitrogens is 1. The van der Waals surface area contributed by atoms with Crippen LogP contribution < -0.4 is 4.90 Å². The number of nitrogens with zero attached hydrogens (tertiary/aromatic N) is 3. The third-order valence-corrected chi connectivity index (χ3v) is 5.64. The lowest BCUT2D eigenvalue weighted by Gasteiger charge is -2.28. The lowest BCUT2D eigenvalue weighted by atomic mass is 10.3. The molecule has 2 aliphatic rings. The van der Waals surface area contributed by atoms with E-state index >= 15 is 0 Å². The van der Waals surface area contributed by atoms with E-state index < -0.39 is 0 Å². The maximum atomic E-state index is 13.0. The van der Waals surface area contributed by atoms with Crippen LogP contribution in [0.25, 0.3) is 10.2 Å². The number of thiazole rings is 1. The molecule has 1 amide bonds. The van der Waals surface area contributed by atoms with Crippen molar-refractivity contribution in [1.82, 2.24) is 9.88 Å². The number of hydrogen-bond donors (Lipinski definition) is 0. The van der Waals surface area contributed by atoms with Gasteiger partial charge in [-0.2, -0.15) is 0 Å². The summed E-state index contributed by atoms with van der Waals surface area (Å²) < 4.78 is 17.2. The summed E-state index contributed by atoms with van der Waals surface area (Å²) in [6.45, 7) is 5.80. The molecule has 0 unspecified atom stereocenters. The minimum Gasteiger partial charge on any atom is -0.494 e. The molecule has 0 radical (unpaired) electrons. The number of ether oxygens (including phenoxy) is 3.